The van der Waals surface area contributed by atoms with Gasteiger partial charge in [0.15, 0.2) is 5.65 Å². The van der Waals surface area contributed by atoms with Gasteiger partial charge in [0.2, 0.25) is 0 Å². The van der Waals surface area contributed by atoms with Crippen molar-refractivity contribution < 1.29 is 4.74 Å². The van der Waals surface area contributed by atoms with Crippen molar-refractivity contribution in [1.29, 1.82) is 0 Å². The van der Waals surface area contributed by atoms with E-state index in [-0.39, 0.29) is 0 Å². The standard InChI is InChI=1S/C17H17ClN6O/c18-12-4-1-5-13(7-12)25-17-14-15(19)21-10-22-16(14)24(23-17)9-11-3-2-6-20-8-11/h5,7,10-11,20H,2-3,6,8-9H2,(H2,19,21,22). The van der Waals surface area contributed by atoms with Gasteiger partial charge < -0.3 is 15.8 Å². The third-order valence-electron chi connectivity index (χ3n) is 4.25. The van der Waals surface area contributed by atoms with E-state index < -0.39 is 0 Å². The molecule has 3 N–H and O–H groups in total. The molecule has 0 spiro atoms. The van der Waals surface area contributed by atoms with Crippen LogP contribution in [0.4, 0.5) is 5.82 Å². The van der Waals surface area contributed by atoms with Crippen LogP contribution >= 0.6 is 11.6 Å². The quantitative estimate of drug-likeness (QED) is 0.746. The molecule has 128 valence electrons. The summed E-state index contributed by atoms with van der Waals surface area (Å²) < 4.78 is 7.73. The zero-order chi connectivity index (χ0) is 17.2. The molecule has 0 saturated carbocycles. The molecule has 1 atom stereocenters. The molecule has 1 aliphatic heterocycles. The number of nitrogens with two attached hydrogens (primary N) is 1. The largest absolute Gasteiger partial charge is 0.436 e. The van der Waals surface area contributed by atoms with E-state index in [1.165, 1.54) is 12.7 Å². The maximum atomic E-state index is 6.05. The first kappa shape index (κ1) is 15.9. The monoisotopic (exact) mass is 356 g/mol. The first-order chi connectivity index (χ1) is 12.2. The van der Waals surface area contributed by atoms with Gasteiger partial charge in [0, 0.05) is 18.7 Å². The highest BCUT2D eigenvalue weighted by atomic mass is 35.5. The van der Waals surface area contributed by atoms with Crippen LogP contribution in [0.15, 0.2) is 18.5 Å². The van der Waals surface area contributed by atoms with Crippen LogP contribution in [-0.4, -0.2) is 32.8 Å². The minimum absolute atomic E-state index is 0.339. The summed E-state index contributed by atoms with van der Waals surface area (Å²) in [7, 11) is 0. The normalized spacial score (nSPS) is 17.4. The van der Waals surface area contributed by atoms with Gasteiger partial charge in [-0.05, 0) is 37.9 Å². The summed E-state index contributed by atoms with van der Waals surface area (Å²) >= 11 is 5.95. The Morgan fingerprint density at radius 3 is 3.16 bits per heavy atom. The third kappa shape index (κ3) is 3.31. The Kier molecular flexibility index (Phi) is 4.30. The maximum absolute atomic E-state index is 6.05. The van der Waals surface area contributed by atoms with Gasteiger partial charge >= 0.3 is 0 Å². The van der Waals surface area contributed by atoms with E-state index >= 15 is 0 Å². The number of rotatable bonds is 4. The summed E-state index contributed by atoms with van der Waals surface area (Å²) in [5.74, 6) is 1.71. The minimum atomic E-state index is 0.339. The number of ether oxygens (including phenoxy) is 1. The van der Waals surface area contributed by atoms with E-state index in [9.17, 15) is 0 Å². The SMILES string of the molecule is Nc1ncnc2c1c(Oc1cc#cc(Cl)c1)nn2CC1CCCNC1. The molecule has 0 amide bonds. The lowest BCUT2D eigenvalue weighted by Gasteiger charge is -2.22. The smallest absolute Gasteiger partial charge is 0.251 e. The molecule has 25 heavy (non-hydrogen) atoms. The van der Waals surface area contributed by atoms with E-state index in [1.54, 1.807) is 12.1 Å². The number of hydrogen-bond donors (Lipinski definition) is 2. The molecule has 3 heterocycles. The zero-order valence-electron chi connectivity index (χ0n) is 13.5. The molecule has 1 unspecified atom stereocenters. The molecule has 8 heteroatoms. The van der Waals surface area contributed by atoms with Gasteiger partial charge in [-0.3, -0.25) is 0 Å². The Morgan fingerprint density at radius 2 is 2.36 bits per heavy atom. The van der Waals surface area contributed by atoms with Crippen molar-refractivity contribution in [1.82, 2.24) is 25.1 Å². The number of hydrogen-bond acceptors (Lipinski definition) is 6. The molecule has 1 aliphatic rings. The first-order valence-corrected chi connectivity index (χ1v) is 8.53. The first-order valence-electron chi connectivity index (χ1n) is 8.15. The summed E-state index contributed by atoms with van der Waals surface area (Å²) in [6.07, 6.45) is 3.77. The second kappa shape index (κ2) is 6.75. The molecule has 0 bridgehead atoms. The number of fused-ring (bicyclic) bond motifs is 1. The van der Waals surface area contributed by atoms with Crippen LogP contribution in [0, 0.1) is 18.1 Å². The Bertz CT molecular complexity index is 890. The van der Waals surface area contributed by atoms with Crippen molar-refractivity contribution in [3.8, 4) is 11.6 Å². The van der Waals surface area contributed by atoms with Crippen LogP contribution in [0.3, 0.4) is 0 Å². The third-order valence-corrected chi connectivity index (χ3v) is 4.45. The van der Waals surface area contributed by atoms with Crippen molar-refractivity contribution in [3.05, 3.63) is 35.6 Å². The maximum Gasteiger partial charge on any atom is 0.251 e. The highest BCUT2D eigenvalue weighted by Crippen LogP contribution is 2.32. The molecule has 2 aromatic heterocycles. The summed E-state index contributed by atoms with van der Waals surface area (Å²) in [4.78, 5) is 8.42. The van der Waals surface area contributed by atoms with Crippen molar-refractivity contribution in [2.45, 2.75) is 19.4 Å². The van der Waals surface area contributed by atoms with Crippen molar-refractivity contribution in [2.75, 3.05) is 18.8 Å². The fraction of sp³-hybridized carbons (Fsp3) is 0.353. The van der Waals surface area contributed by atoms with Crippen molar-refractivity contribution in [2.24, 2.45) is 5.92 Å². The summed E-state index contributed by atoms with van der Waals surface area (Å²) in [5.41, 5.74) is 6.72. The molecule has 1 fully saturated rings. The van der Waals surface area contributed by atoms with Crippen LogP contribution < -0.4 is 15.8 Å². The van der Waals surface area contributed by atoms with Gasteiger partial charge in [-0.1, -0.05) is 17.7 Å². The summed E-state index contributed by atoms with van der Waals surface area (Å²) in [6.45, 7) is 2.79. The number of nitrogens with one attached hydrogen (secondary N) is 1. The predicted octanol–water partition coefficient (Wildman–Crippen LogP) is 2.45. The molecule has 4 rings (SSSR count). The second-order valence-electron chi connectivity index (χ2n) is 6.07. The molecule has 0 radical (unpaired) electrons. The van der Waals surface area contributed by atoms with Crippen LogP contribution in [0.25, 0.3) is 11.0 Å². The molecule has 7 nitrogen and oxygen atoms in total. The zero-order valence-corrected chi connectivity index (χ0v) is 14.3. The van der Waals surface area contributed by atoms with Crippen LogP contribution in [0.2, 0.25) is 5.02 Å². The van der Waals surface area contributed by atoms with E-state index in [0.29, 0.717) is 39.4 Å². The second-order valence-corrected chi connectivity index (χ2v) is 6.47. The Morgan fingerprint density at radius 1 is 1.44 bits per heavy atom. The minimum Gasteiger partial charge on any atom is -0.436 e. The van der Waals surface area contributed by atoms with Gasteiger partial charge in [0.05, 0.1) is 5.02 Å². The Hall–Kier alpha value is -2.56. The highest BCUT2D eigenvalue weighted by Gasteiger charge is 2.21. The number of halogens is 1. The molecule has 0 aliphatic carbocycles. The average Bonchev–Trinajstić information content (AvgIpc) is 2.95. The number of piperidine rings is 1. The fourth-order valence-corrected chi connectivity index (χ4v) is 3.23. The highest BCUT2D eigenvalue weighted by molar-refractivity contribution is 6.30. The molecular formula is C17H17ClN6O. The molecular weight excluding hydrogens is 340 g/mol. The van der Waals surface area contributed by atoms with Crippen LogP contribution in [-0.2, 0) is 6.54 Å². The number of nitrogens with zero attached hydrogens (tertiary/aromatic N) is 4. The lowest BCUT2D eigenvalue weighted by atomic mass is 10.00. The fourth-order valence-electron chi connectivity index (χ4n) is 3.07. The molecule has 1 aromatic carbocycles. The Labute approximate surface area is 150 Å². The van der Waals surface area contributed by atoms with Crippen LogP contribution in [0.1, 0.15) is 12.8 Å². The lowest BCUT2D eigenvalue weighted by Crippen LogP contribution is -2.32. The number of anilines is 1. The molecule has 3 aromatic rings. The van der Waals surface area contributed by atoms with E-state index in [2.05, 4.69) is 32.5 Å². The predicted molar refractivity (Wildman–Crippen MR) is 94.5 cm³/mol. The van der Waals surface area contributed by atoms with Crippen molar-refractivity contribution in [3.63, 3.8) is 0 Å². The van der Waals surface area contributed by atoms with Gasteiger partial charge in [0.1, 0.15) is 23.3 Å². The van der Waals surface area contributed by atoms with Crippen molar-refractivity contribution >= 4 is 28.5 Å². The average molecular weight is 357 g/mol. The van der Waals surface area contributed by atoms with Crippen LogP contribution in [0.5, 0.6) is 11.6 Å². The van der Waals surface area contributed by atoms with Gasteiger partial charge in [-0.15, -0.1) is 5.10 Å². The summed E-state index contributed by atoms with van der Waals surface area (Å²) in [6, 6.07) is 8.83. The molecule has 1 saturated heterocycles. The van der Waals surface area contributed by atoms with Gasteiger partial charge in [-0.2, -0.15) is 0 Å². The van der Waals surface area contributed by atoms with E-state index in [0.717, 1.165) is 26.1 Å². The number of nitrogen functional groups attached to an aromatic ring is 1. The van der Waals surface area contributed by atoms with E-state index in [1.807, 2.05) is 4.68 Å². The lowest BCUT2D eigenvalue weighted by molar-refractivity contribution is 0.324. The number of aromatic nitrogens is 4. The topological polar surface area (TPSA) is 90.9 Å². The van der Waals surface area contributed by atoms with E-state index in [4.69, 9.17) is 22.1 Å². The van der Waals surface area contributed by atoms with Gasteiger partial charge in [-0.25, -0.2) is 14.6 Å². The van der Waals surface area contributed by atoms with Gasteiger partial charge in [0.25, 0.3) is 5.88 Å². The summed E-state index contributed by atoms with van der Waals surface area (Å²) in [5, 5.41) is 9.02. The Balaban J connectivity index is 1.70.